The first-order chi connectivity index (χ1) is 15.1. The van der Waals surface area contributed by atoms with Gasteiger partial charge in [-0.25, -0.2) is 0 Å². The molecule has 0 aliphatic heterocycles. The zero-order valence-corrected chi connectivity index (χ0v) is 20.2. The molecule has 1 heterocycles. The molecule has 5 aliphatic rings. The third kappa shape index (κ3) is 3.82. The van der Waals surface area contributed by atoms with Crippen molar-refractivity contribution in [3.05, 3.63) is 48.2 Å². The molecule has 1 aromatic heterocycles. The van der Waals surface area contributed by atoms with Gasteiger partial charge in [0.15, 0.2) is 0 Å². The Balaban J connectivity index is 1.37. The number of hydrogen-bond acceptors (Lipinski definition) is 1. The molecule has 5 aliphatic carbocycles. The van der Waals surface area contributed by atoms with Crippen LogP contribution in [0.1, 0.15) is 57.1 Å². The van der Waals surface area contributed by atoms with Crippen LogP contribution in [0.5, 0.6) is 0 Å². The van der Waals surface area contributed by atoms with Crippen LogP contribution < -0.4 is 5.73 Å². The average molecular weight is 477 g/mol. The molecule has 1 aromatic carbocycles. The molecule has 162 valence electrons. The number of carbonyl (C=O) groups is 1. The number of carbonyl (C=O) groups excluding carboxylic acids is 1. The van der Waals surface area contributed by atoms with Crippen LogP contribution in [0, 0.1) is 17.8 Å². The fourth-order valence-corrected chi connectivity index (χ4v) is 9.39. The van der Waals surface area contributed by atoms with Crippen molar-refractivity contribution in [2.24, 2.45) is 28.5 Å². The number of nitrogens with zero attached hydrogens (tertiary/aromatic N) is 2. The minimum atomic E-state index is -0.413. The van der Waals surface area contributed by atoms with Gasteiger partial charge in [0.1, 0.15) is 0 Å². The van der Waals surface area contributed by atoms with Crippen LogP contribution in [-0.4, -0.2) is 30.8 Å². The third-order valence-electron chi connectivity index (χ3n) is 8.10. The second-order valence-electron chi connectivity index (χ2n) is 10.6. The summed E-state index contributed by atoms with van der Waals surface area (Å²) in [6.45, 7) is 0.311. The number of benzene rings is 1. The quantitative estimate of drug-likeness (QED) is 0.379. The number of rotatable bonds is 6. The molecule has 5 fully saturated rings. The maximum absolute atomic E-state index is 13.0. The van der Waals surface area contributed by atoms with Crippen LogP contribution in [0.15, 0.2) is 47.5 Å². The van der Waals surface area contributed by atoms with E-state index in [2.05, 4.69) is 52.0 Å². The summed E-state index contributed by atoms with van der Waals surface area (Å²) in [5, 5.41) is 0. The molecule has 1 unspecified atom stereocenters. The van der Waals surface area contributed by atoms with E-state index in [0.29, 0.717) is 11.2 Å². The van der Waals surface area contributed by atoms with Crippen molar-refractivity contribution in [1.82, 2.24) is 4.57 Å². The molecule has 5 heteroatoms. The van der Waals surface area contributed by atoms with Gasteiger partial charge in [0.2, 0.25) is 0 Å². The molecular weight excluding hydrogens is 445 g/mol. The van der Waals surface area contributed by atoms with Crippen molar-refractivity contribution in [3.63, 3.8) is 0 Å². The number of aromatic nitrogens is 1. The van der Waals surface area contributed by atoms with Crippen molar-refractivity contribution >= 4 is 26.3 Å². The Morgan fingerprint density at radius 3 is 2.26 bits per heavy atom. The Hall–Kier alpha value is -1.80. The summed E-state index contributed by atoms with van der Waals surface area (Å²) in [7, 11) is 0. The molecule has 31 heavy (non-hydrogen) atoms. The van der Waals surface area contributed by atoms with Gasteiger partial charge in [0.25, 0.3) is 0 Å². The van der Waals surface area contributed by atoms with E-state index in [0.717, 1.165) is 28.2 Å². The summed E-state index contributed by atoms with van der Waals surface area (Å²) >= 11 is -0.413. The van der Waals surface area contributed by atoms with Gasteiger partial charge in [0.05, 0.1) is 0 Å². The summed E-state index contributed by atoms with van der Waals surface area (Å²) in [4.78, 5) is 17.4. The van der Waals surface area contributed by atoms with Crippen LogP contribution in [0.4, 0.5) is 0 Å². The fourth-order valence-electron chi connectivity index (χ4n) is 7.16. The van der Waals surface area contributed by atoms with Crippen LogP contribution >= 0.6 is 0 Å². The second kappa shape index (κ2) is 7.66. The number of amidine groups is 1. The summed E-state index contributed by atoms with van der Waals surface area (Å²) in [6.07, 6.45) is 10.7. The molecule has 4 nitrogen and oxygen atoms in total. The van der Waals surface area contributed by atoms with Crippen LogP contribution in [0.2, 0.25) is 4.71 Å². The number of nitrogens with two attached hydrogens (primary N) is 1. The predicted molar refractivity (Wildman–Crippen MR) is 126 cm³/mol. The van der Waals surface area contributed by atoms with Crippen LogP contribution in [-0.2, 0) is 16.8 Å². The molecule has 2 aromatic rings. The Labute approximate surface area is 191 Å². The predicted octanol–water partition coefficient (Wildman–Crippen LogP) is 4.48. The van der Waals surface area contributed by atoms with Gasteiger partial charge in [-0.15, -0.1) is 0 Å². The first-order valence-electron chi connectivity index (χ1n) is 12.0. The molecule has 0 radical (unpaired) electrons. The molecule has 0 spiro atoms. The standard InChI is InChI=1S/C26H32AsN3O/c28-25(27-21-6-7-21)29-24(31)16-30-22(20-4-2-1-3-5-20)8-9-23(30)26-13-17-10-18(14-26)12-19(11-17)15-26/h1-5,8-9,17-19,21,27H,6-7,10-16H2,(H2,28,29,31). The molecule has 4 bridgehead atoms. The van der Waals surface area contributed by atoms with Crippen molar-refractivity contribution in [1.29, 1.82) is 0 Å². The van der Waals surface area contributed by atoms with Gasteiger partial charge >= 0.3 is 192 Å². The van der Waals surface area contributed by atoms with Crippen molar-refractivity contribution in [3.8, 4) is 11.3 Å². The van der Waals surface area contributed by atoms with E-state index >= 15 is 0 Å². The topological polar surface area (TPSA) is 60.4 Å². The second-order valence-corrected chi connectivity index (χ2v) is 14.0. The van der Waals surface area contributed by atoms with Crippen molar-refractivity contribution in [2.75, 3.05) is 0 Å². The summed E-state index contributed by atoms with van der Waals surface area (Å²) in [6, 6.07) is 15.1. The Morgan fingerprint density at radius 2 is 1.65 bits per heavy atom. The molecule has 2 N–H and O–H groups in total. The van der Waals surface area contributed by atoms with Gasteiger partial charge in [-0.2, -0.15) is 0 Å². The zero-order chi connectivity index (χ0) is 21.0. The fraction of sp³-hybridized carbons (Fsp3) is 0.538. The molecule has 1 amide bonds. The molecule has 7 rings (SSSR count). The molecule has 0 saturated heterocycles. The Morgan fingerprint density at radius 1 is 1.00 bits per heavy atom. The SMILES string of the molecule is NC(=NC(=O)Cn1c(-c2ccccc2)ccc1C12CC3CC(CC(C3)C1)C2)[AsH]C1CC1. The van der Waals surface area contributed by atoms with E-state index in [1.807, 2.05) is 0 Å². The van der Waals surface area contributed by atoms with E-state index in [1.54, 1.807) is 0 Å². The summed E-state index contributed by atoms with van der Waals surface area (Å²) < 4.78 is 3.71. The van der Waals surface area contributed by atoms with Gasteiger partial charge < -0.3 is 0 Å². The zero-order valence-electron chi connectivity index (χ0n) is 18.1. The van der Waals surface area contributed by atoms with E-state index in [1.165, 1.54) is 62.6 Å². The molecular formula is C26H32AsN3O. The normalized spacial score (nSPS) is 32.3. The van der Waals surface area contributed by atoms with E-state index < -0.39 is 15.8 Å². The Kier molecular flexibility index (Phi) is 4.90. The monoisotopic (exact) mass is 477 g/mol. The van der Waals surface area contributed by atoms with Gasteiger partial charge in [0, 0.05) is 0 Å². The van der Waals surface area contributed by atoms with Crippen molar-refractivity contribution < 1.29 is 4.79 Å². The van der Waals surface area contributed by atoms with Gasteiger partial charge in [-0.3, -0.25) is 0 Å². The maximum atomic E-state index is 13.0. The van der Waals surface area contributed by atoms with Crippen molar-refractivity contribution in [2.45, 2.75) is 68.0 Å². The first kappa shape index (κ1) is 19.9. The van der Waals surface area contributed by atoms with Gasteiger partial charge in [-0.1, -0.05) is 0 Å². The van der Waals surface area contributed by atoms with Crippen LogP contribution in [0.25, 0.3) is 11.3 Å². The number of aliphatic imine (C=N–C) groups is 1. The van der Waals surface area contributed by atoms with E-state index in [-0.39, 0.29) is 11.3 Å². The van der Waals surface area contributed by atoms with Gasteiger partial charge in [-0.05, 0) is 0 Å². The number of amides is 1. The third-order valence-corrected chi connectivity index (χ3v) is 11.0. The molecule has 1 atom stereocenters. The van der Waals surface area contributed by atoms with E-state index in [4.69, 9.17) is 5.73 Å². The first-order valence-corrected chi connectivity index (χ1v) is 14.2. The minimum absolute atomic E-state index is 0.0822. The van der Waals surface area contributed by atoms with Crippen LogP contribution in [0.3, 0.4) is 0 Å². The average Bonchev–Trinajstić information content (AvgIpc) is 3.43. The summed E-state index contributed by atoms with van der Waals surface area (Å²) in [5.41, 5.74) is 10.1. The van der Waals surface area contributed by atoms with E-state index in [9.17, 15) is 4.79 Å². The molecule has 5 saturated carbocycles. The summed E-state index contributed by atoms with van der Waals surface area (Å²) in [5.74, 6) is 2.55. The number of hydrogen-bond donors (Lipinski definition) is 1. The Bertz CT molecular complexity index is 985.